The molecule has 6 nitrogen and oxygen atoms in total. The van der Waals surface area contributed by atoms with Gasteiger partial charge in [0, 0.05) is 26.2 Å². The summed E-state index contributed by atoms with van der Waals surface area (Å²) in [5.41, 5.74) is 0. The van der Waals surface area contributed by atoms with Crippen molar-refractivity contribution in [1.29, 1.82) is 0 Å². The van der Waals surface area contributed by atoms with Crippen LogP contribution < -0.4 is 15.5 Å². The van der Waals surface area contributed by atoms with Crippen molar-refractivity contribution in [3.63, 3.8) is 0 Å². The highest BCUT2D eigenvalue weighted by Gasteiger charge is 2.16. The highest BCUT2D eigenvalue weighted by molar-refractivity contribution is 7.99. The Balaban J connectivity index is 2.16. The Morgan fingerprint density at radius 2 is 1.75 bits per heavy atom. The van der Waals surface area contributed by atoms with E-state index >= 15 is 0 Å². The van der Waals surface area contributed by atoms with E-state index in [4.69, 9.17) is 0 Å². The summed E-state index contributed by atoms with van der Waals surface area (Å²) in [6.07, 6.45) is 2.34. The second-order valence-corrected chi connectivity index (χ2v) is 5.96. The molecular formula is C13H24N6S. The molecule has 1 saturated heterocycles. The van der Waals surface area contributed by atoms with Crippen molar-refractivity contribution in [2.45, 2.75) is 32.7 Å². The first-order chi connectivity index (χ1) is 9.76. The third-order valence-corrected chi connectivity index (χ3v) is 4.50. The number of thioether (sulfide) groups is 1. The van der Waals surface area contributed by atoms with Crippen molar-refractivity contribution in [3.05, 3.63) is 0 Å². The van der Waals surface area contributed by atoms with E-state index in [1.165, 1.54) is 24.3 Å². The maximum absolute atomic E-state index is 4.56. The van der Waals surface area contributed by atoms with Gasteiger partial charge in [0.15, 0.2) is 0 Å². The SMILES string of the molecule is CCN(CC)c1nc(NC)nc(NC2CCSCC2)n1. The van der Waals surface area contributed by atoms with Crippen LogP contribution in [0, 0.1) is 0 Å². The molecule has 1 aromatic rings. The van der Waals surface area contributed by atoms with Gasteiger partial charge >= 0.3 is 0 Å². The van der Waals surface area contributed by atoms with Gasteiger partial charge < -0.3 is 15.5 Å². The molecule has 0 aliphatic carbocycles. The fourth-order valence-corrected chi connectivity index (χ4v) is 3.32. The van der Waals surface area contributed by atoms with Crippen molar-refractivity contribution in [3.8, 4) is 0 Å². The molecular weight excluding hydrogens is 272 g/mol. The zero-order valence-electron chi connectivity index (χ0n) is 12.5. The Hall–Kier alpha value is -1.24. The molecule has 0 saturated carbocycles. The van der Waals surface area contributed by atoms with E-state index in [2.05, 4.69) is 44.3 Å². The number of aromatic nitrogens is 3. The molecule has 1 fully saturated rings. The van der Waals surface area contributed by atoms with E-state index in [0.29, 0.717) is 17.9 Å². The van der Waals surface area contributed by atoms with E-state index in [1.54, 1.807) is 0 Å². The number of anilines is 3. The predicted molar refractivity (Wildman–Crippen MR) is 86.9 cm³/mol. The van der Waals surface area contributed by atoms with Crippen LogP contribution in [0.3, 0.4) is 0 Å². The molecule has 1 aliphatic heterocycles. The van der Waals surface area contributed by atoms with E-state index in [-0.39, 0.29) is 0 Å². The van der Waals surface area contributed by atoms with Gasteiger partial charge in [-0.25, -0.2) is 0 Å². The molecule has 7 heteroatoms. The standard InChI is InChI=1S/C13H24N6S/c1-4-19(5-2)13-17-11(14-3)16-12(18-13)15-10-6-8-20-9-7-10/h10H,4-9H2,1-3H3,(H2,14,15,16,17,18). The fraction of sp³-hybridized carbons (Fsp3) is 0.769. The van der Waals surface area contributed by atoms with Gasteiger partial charge in [-0.05, 0) is 38.2 Å². The highest BCUT2D eigenvalue weighted by atomic mass is 32.2. The van der Waals surface area contributed by atoms with E-state index in [9.17, 15) is 0 Å². The summed E-state index contributed by atoms with van der Waals surface area (Å²) in [6, 6.07) is 0.480. The quantitative estimate of drug-likeness (QED) is 0.833. The number of nitrogens with one attached hydrogen (secondary N) is 2. The lowest BCUT2D eigenvalue weighted by Gasteiger charge is -2.24. The Morgan fingerprint density at radius 3 is 2.35 bits per heavy atom. The molecule has 112 valence electrons. The van der Waals surface area contributed by atoms with Gasteiger partial charge in [-0.2, -0.15) is 26.7 Å². The molecule has 0 bridgehead atoms. The molecule has 2 N–H and O–H groups in total. The van der Waals surface area contributed by atoms with E-state index < -0.39 is 0 Å². The molecule has 1 aliphatic rings. The average molecular weight is 296 g/mol. The monoisotopic (exact) mass is 296 g/mol. The number of nitrogens with zero attached hydrogens (tertiary/aromatic N) is 4. The zero-order chi connectivity index (χ0) is 14.4. The average Bonchev–Trinajstić information content (AvgIpc) is 2.49. The smallest absolute Gasteiger partial charge is 0.231 e. The number of rotatable bonds is 6. The van der Waals surface area contributed by atoms with Crippen LogP contribution in [-0.4, -0.2) is 52.6 Å². The second kappa shape index (κ2) is 7.52. The van der Waals surface area contributed by atoms with Crippen LogP contribution in [0.5, 0.6) is 0 Å². The van der Waals surface area contributed by atoms with Gasteiger partial charge in [-0.1, -0.05) is 0 Å². The van der Waals surface area contributed by atoms with Crippen LogP contribution in [-0.2, 0) is 0 Å². The molecule has 0 aromatic carbocycles. The maximum Gasteiger partial charge on any atom is 0.231 e. The van der Waals surface area contributed by atoms with Crippen molar-refractivity contribution in [1.82, 2.24) is 15.0 Å². The third-order valence-electron chi connectivity index (χ3n) is 3.45. The Kier molecular flexibility index (Phi) is 5.70. The van der Waals surface area contributed by atoms with Crippen molar-refractivity contribution < 1.29 is 0 Å². The minimum absolute atomic E-state index is 0.480. The molecule has 0 amide bonds. The lowest BCUT2D eigenvalue weighted by Crippen LogP contribution is -2.28. The molecule has 2 heterocycles. The lowest BCUT2D eigenvalue weighted by atomic mass is 10.2. The first-order valence-corrected chi connectivity index (χ1v) is 8.45. The summed E-state index contributed by atoms with van der Waals surface area (Å²) in [6.45, 7) is 6.00. The van der Waals surface area contributed by atoms with Gasteiger partial charge in [0.05, 0.1) is 0 Å². The number of hydrogen-bond donors (Lipinski definition) is 2. The largest absolute Gasteiger partial charge is 0.357 e. The number of hydrogen-bond acceptors (Lipinski definition) is 7. The van der Waals surface area contributed by atoms with Crippen molar-refractivity contribution >= 4 is 29.6 Å². The Labute approximate surface area is 125 Å². The Morgan fingerprint density at radius 1 is 1.10 bits per heavy atom. The molecule has 20 heavy (non-hydrogen) atoms. The van der Waals surface area contributed by atoms with E-state index in [1.807, 2.05) is 18.8 Å². The maximum atomic E-state index is 4.56. The lowest BCUT2D eigenvalue weighted by molar-refractivity contribution is 0.658. The van der Waals surface area contributed by atoms with Crippen molar-refractivity contribution in [2.24, 2.45) is 0 Å². The topological polar surface area (TPSA) is 66.0 Å². The summed E-state index contributed by atoms with van der Waals surface area (Å²) in [7, 11) is 1.84. The molecule has 0 radical (unpaired) electrons. The molecule has 0 atom stereocenters. The summed E-state index contributed by atoms with van der Waals surface area (Å²) < 4.78 is 0. The van der Waals surface area contributed by atoms with Gasteiger partial charge in [-0.15, -0.1) is 0 Å². The van der Waals surface area contributed by atoms with Crippen LogP contribution in [0.1, 0.15) is 26.7 Å². The first-order valence-electron chi connectivity index (χ1n) is 7.29. The molecule has 1 aromatic heterocycles. The summed E-state index contributed by atoms with van der Waals surface area (Å²) in [4.78, 5) is 15.5. The summed E-state index contributed by atoms with van der Waals surface area (Å²) in [5, 5.41) is 6.47. The first kappa shape index (κ1) is 15.2. The van der Waals surface area contributed by atoms with Gasteiger partial charge in [0.25, 0.3) is 0 Å². The summed E-state index contributed by atoms with van der Waals surface area (Å²) in [5.74, 6) is 4.47. The van der Waals surface area contributed by atoms with Crippen molar-refractivity contribution in [2.75, 3.05) is 47.2 Å². The van der Waals surface area contributed by atoms with Gasteiger partial charge in [0.1, 0.15) is 0 Å². The molecule has 0 unspecified atom stereocenters. The molecule has 0 spiro atoms. The van der Waals surface area contributed by atoms with Crippen LogP contribution in [0.25, 0.3) is 0 Å². The fourth-order valence-electron chi connectivity index (χ4n) is 2.21. The third kappa shape index (κ3) is 3.88. The normalized spacial score (nSPS) is 15.9. The van der Waals surface area contributed by atoms with Gasteiger partial charge in [-0.3, -0.25) is 0 Å². The van der Waals surface area contributed by atoms with Crippen LogP contribution in [0.2, 0.25) is 0 Å². The van der Waals surface area contributed by atoms with Crippen LogP contribution in [0.15, 0.2) is 0 Å². The molecule has 2 rings (SSSR count). The predicted octanol–water partition coefficient (Wildman–Crippen LogP) is 2.07. The minimum atomic E-state index is 0.480. The van der Waals surface area contributed by atoms with E-state index in [0.717, 1.165) is 19.0 Å². The minimum Gasteiger partial charge on any atom is -0.357 e. The van der Waals surface area contributed by atoms with Crippen LogP contribution in [0.4, 0.5) is 17.8 Å². The van der Waals surface area contributed by atoms with Gasteiger partial charge in [0.2, 0.25) is 17.8 Å². The zero-order valence-corrected chi connectivity index (χ0v) is 13.3. The second-order valence-electron chi connectivity index (χ2n) is 4.74. The Bertz CT molecular complexity index is 417. The van der Waals surface area contributed by atoms with Crippen LogP contribution >= 0.6 is 11.8 Å². The highest BCUT2D eigenvalue weighted by Crippen LogP contribution is 2.21. The summed E-state index contributed by atoms with van der Waals surface area (Å²) >= 11 is 2.02.